The van der Waals surface area contributed by atoms with Gasteiger partial charge >= 0.3 is 0 Å². The van der Waals surface area contributed by atoms with Crippen molar-refractivity contribution in [2.24, 2.45) is 11.3 Å². The summed E-state index contributed by atoms with van der Waals surface area (Å²) < 4.78 is 5.75. The minimum Gasteiger partial charge on any atom is -0.490 e. The van der Waals surface area contributed by atoms with Gasteiger partial charge in [-0.15, -0.1) is 11.6 Å². The smallest absolute Gasteiger partial charge is 0.123 e. The normalized spacial score (nSPS) is 21.2. The Kier molecular flexibility index (Phi) is 4.69. The number of hydrogen-bond donors (Lipinski definition) is 0. The zero-order valence-corrected chi connectivity index (χ0v) is 14.1. The average molecular weight is 295 g/mol. The molecule has 3 unspecified atom stereocenters. The molecule has 3 atom stereocenters. The SMILES string of the molecule is CC(CC(Cl)c1ccc2c(c1)CC(C)O2)CC(C)(C)C. The number of halogens is 1. The van der Waals surface area contributed by atoms with Crippen molar-refractivity contribution in [3.05, 3.63) is 29.3 Å². The first-order valence-corrected chi connectivity index (χ1v) is 8.12. The third kappa shape index (κ3) is 4.15. The first kappa shape index (κ1) is 15.7. The molecule has 0 fully saturated rings. The van der Waals surface area contributed by atoms with Crippen molar-refractivity contribution in [3.8, 4) is 5.75 Å². The predicted molar refractivity (Wildman–Crippen MR) is 86.7 cm³/mol. The molecule has 112 valence electrons. The first-order chi connectivity index (χ1) is 9.24. The van der Waals surface area contributed by atoms with Crippen LogP contribution in [0.15, 0.2) is 18.2 Å². The summed E-state index contributed by atoms with van der Waals surface area (Å²) in [5.41, 5.74) is 2.92. The molecule has 20 heavy (non-hydrogen) atoms. The highest BCUT2D eigenvalue weighted by Crippen LogP contribution is 2.37. The molecule has 1 aromatic carbocycles. The number of ether oxygens (including phenoxy) is 1. The third-order valence-corrected chi connectivity index (χ3v) is 4.28. The summed E-state index contributed by atoms with van der Waals surface area (Å²) in [6.45, 7) is 11.3. The van der Waals surface area contributed by atoms with Gasteiger partial charge in [0.15, 0.2) is 0 Å². The van der Waals surface area contributed by atoms with Gasteiger partial charge in [-0.1, -0.05) is 39.8 Å². The van der Waals surface area contributed by atoms with Crippen LogP contribution in [0.2, 0.25) is 0 Å². The largest absolute Gasteiger partial charge is 0.490 e. The minimum absolute atomic E-state index is 0.105. The zero-order valence-electron chi connectivity index (χ0n) is 13.4. The van der Waals surface area contributed by atoms with Crippen LogP contribution < -0.4 is 4.74 Å². The van der Waals surface area contributed by atoms with Crippen LogP contribution in [0.4, 0.5) is 0 Å². The van der Waals surface area contributed by atoms with E-state index in [9.17, 15) is 0 Å². The van der Waals surface area contributed by atoms with E-state index in [0.29, 0.717) is 17.4 Å². The van der Waals surface area contributed by atoms with Crippen molar-refractivity contribution in [1.82, 2.24) is 0 Å². The number of benzene rings is 1. The Bertz CT molecular complexity index is 461. The van der Waals surface area contributed by atoms with Gasteiger partial charge < -0.3 is 4.74 Å². The van der Waals surface area contributed by atoms with Crippen molar-refractivity contribution >= 4 is 11.6 Å². The van der Waals surface area contributed by atoms with E-state index in [4.69, 9.17) is 16.3 Å². The van der Waals surface area contributed by atoms with Crippen LogP contribution in [0.5, 0.6) is 5.75 Å². The molecule has 1 heterocycles. The second-order valence-electron chi connectivity index (χ2n) is 7.57. The Morgan fingerprint density at radius 2 is 2.05 bits per heavy atom. The average Bonchev–Trinajstić information content (AvgIpc) is 2.64. The number of hydrogen-bond acceptors (Lipinski definition) is 1. The molecule has 2 rings (SSSR count). The molecule has 1 nitrogen and oxygen atoms in total. The second kappa shape index (κ2) is 5.97. The Hall–Kier alpha value is -0.690. The van der Waals surface area contributed by atoms with Crippen molar-refractivity contribution in [2.75, 3.05) is 0 Å². The maximum Gasteiger partial charge on any atom is 0.123 e. The molecular formula is C18H27ClO. The van der Waals surface area contributed by atoms with Gasteiger partial charge in [-0.2, -0.15) is 0 Å². The lowest BCUT2D eigenvalue weighted by Crippen LogP contribution is -2.12. The van der Waals surface area contributed by atoms with E-state index >= 15 is 0 Å². The van der Waals surface area contributed by atoms with E-state index in [-0.39, 0.29) is 5.38 Å². The summed E-state index contributed by atoms with van der Waals surface area (Å²) in [6.07, 6.45) is 3.55. The Morgan fingerprint density at radius 1 is 1.35 bits per heavy atom. The van der Waals surface area contributed by atoms with Gasteiger partial charge in [-0.05, 0) is 48.3 Å². The van der Waals surface area contributed by atoms with E-state index in [1.165, 1.54) is 17.5 Å². The maximum atomic E-state index is 6.63. The summed E-state index contributed by atoms with van der Waals surface area (Å²) in [4.78, 5) is 0. The molecule has 0 spiro atoms. The summed E-state index contributed by atoms with van der Waals surface area (Å²) in [5, 5.41) is 0.105. The fraction of sp³-hybridized carbons (Fsp3) is 0.667. The minimum atomic E-state index is 0.105. The fourth-order valence-electron chi connectivity index (χ4n) is 3.25. The molecule has 0 radical (unpaired) electrons. The highest BCUT2D eigenvalue weighted by Gasteiger charge is 2.22. The Balaban J connectivity index is 2.00. The predicted octanol–water partition coefficient (Wildman–Crippen LogP) is 5.75. The molecule has 0 N–H and O–H groups in total. The fourth-order valence-corrected chi connectivity index (χ4v) is 3.69. The van der Waals surface area contributed by atoms with Gasteiger partial charge in [-0.3, -0.25) is 0 Å². The van der Waals surface area contributed by atoms with Crippen molar-refractivity contribution in [2.45, 2.75) is 65.4 Å². The number of alkyl halides is 1. The first-order valence-electron chi connectivity index (χ1n) is 7.68. The number of rotatable bonds is 4. The van der Waals surface area contributed by atoms with Gasteiger partial charge in [0.2, 0.25) is 0 Å². The van der Waals surface area contributed by atoms with Gasteiger partial charge in [0, 0.05) is 6.42 Å². The Labute approximate surface area is 128 Å². The molecule has 0 bridgehead atoms. The molecule has 0 saturated heterocycles. The molecule has 1 aromatic rings. The summed E-state index contributed by atoms with van der Waals surface area (Å²) in [6, 6.07) is 6.44. The third-order valence-electron chi connectivity index (χ3n) is 3.85. The molecule has 0 saturated carbocycles. The van der Waals surface area contributed by atoms with Crippen LogP contribution in [0.1, 0.15) is 64.0 Å². The second-order valence-corrected chi connectivity index (χ2v) is 8.10. The molecule has 1 aliphatic heterocycles. The number of fused-ring (bicyclic) bond motifs is 1. The van der Waals surface area contributed by atoms with Crippen LogP contribution in [0, 0.1) is 11.3 Å². The van der Waals surface area contributed by atoms with Crippen LogP contribution in [-0.4, -0.2) is 6.10 Å². The van der Waals surface area contributed by atoms with Crippen LogP contribution in [-0.2, 0) is 6.42 Å². The summed E-state index contributed by atoms with van der Waals surface area (Å²) >= 11 is 6.63. The standard InChI is InChI=1S/C18H27ClO/c1-12(11-18(3,4)5)8-16(19)14-6-7-17-15(10-14)9-13(2)20-17/h6-7,10,12-13,16H,8-9,11H2,1-5H3. The van der Waals surface area contributed by atoms with E-state index in [2.05, 4.69) is 52.8 Å². The van der Waals surface area contributed by atoms with E-state index < -0.39 is 0 Å². The van der Waals surface area contributed by atoms with E-state index in [1.807, 2.05) is 0 Å². The molecular weight excluding hydrogens is 268 g/mol. The zero-order chi connectivity index (χ0) is 14.9. The lowest BCUT2D eigenvalue weighted by Gasteiger charge is -2.24. The molecule has 0 aliphatic carbocycles. The van der Waals surface area contributed by atoms with Gasteiger partial charge in [-0.25, -0.2) is 0 Å². The highest BCUT2D eigenvalue weighted by atomic mass is 35.5. The highest BCUT2D eigenvalue weighted by molar-refractivity contribution is 6.20. The van der Waals surface area contributed by atoms with E-state index in [1.54, 1.807) is 0 Å². The Morgan fingerprint density at radius 3 is 2.70 bits per heavy atom. The van der Waals surface area contributed by atoms with Crippen molar-refractivity contribution in [1.29, 1.82) is 0 Å². The summed E-state index contributed by atoms with van der Waals surface area (Å²) in [5.74, 6) is 1.67. The van der Waals surface area contributed by atoms with Crippen LogP contribution >= 0.6 is 11.6 Å². The van der Waals surface area contributed by atoms with Crippen molar-refractivity contribution < 1.29 is 4.74 Å². The molecule has 0 amide bonds. The van der Waals surface area contributed by atoms with E-state index in [0.717, 1.165) is 18.6 Å². The monoisotopic (exact) mass is 294 g/mol. The molecule has 0 aromatic heterocycles. The lowest BCUT2D eigenvalue weighted by atomic mass is 9.83. The van der Waals surface area contributed by atoms with Crippen molar-refractivity contribution in [3.63, 3.8) is 0 Å². The molecule has 2 heteroatoms. The maximum absolute atomic E-state index is 6.63. The molecule has 1 aliphatic rings. The summed E-state index contributed by atoms with van der Waals surface area (Å²) in [7, 11) is 0. The topological polar surface area (TPSA) is 9.23 Å². The quantitative estimate of drug-likeness (QED) is 0.642. The van der Waals surface area contributed by atoms with Crippen LogP contribution in [0.3, 0.4) is 0 Å². The van der Waals surface area contributed by atoms with Gasteiger partial charge in [0.1, 0.15) is 11.9 Å². The van der Waals surface area contributed by atoms with Gasteiger partial charge in [0.25, 0.3) is 0 Å². The lowest BCUT2D eigenvalue weighted by molar-refractivity contribution is 0.254. The van der Waals surface area contributed by atoms with Crippen LogP contribution in [0.25, 0.3) is 0 Å². The van der Waals surface area contributed by atoms with Gasteiger partial charge in [0.05, 0.1) is 5.38 Å².